The molecule has 0 aliphatic heterocycles. The Morgan fingerprint density at radius 3 is 2.46 bits per heavy atom. The molecular formula is C15H15Br2N5O2. The molecule has 1 aromatic carbocycles. The number of halogens is 2. The van der Waals surface area contributed by atoms with Gasteiger partial charge in [-0.15, -0.1) is 0 Å². The molecule has 0 fully saturated rings. The topological polar surface area (TPSA) is 74.1 Å². The van der Waals surface area contributed by atoms with Gasteiger partial charge in [-0.25, -0.2) is 9.97 Å². The zero-order chi connectivity index (χ0) is 17.3. The summed E-state index contributed by atoms with van der Waals surface area (Å²) in [5, 5.41) is 3.30. The van der Waals surface area contributed by atoms with Crippen LogP contribution in [0.4, 0.5) is 5.82 Å². The number of imidazole rings is 1. The molecule has 0 bridgehead atoms. The van der Waals surface area contributed by atoms with E-state index in [4.69, 9.17) is 9.47 Å². The number of benzene rings is 1. The van der Waals surface area contributed by atoms with Gasteiger partial charge in [-0.05, 0) is 49.6 Å². The van der Waals surface area contributed by atoms with E-state index in [2.05, 4.69) is 52.1 Å². The quantitative estimate of drug-likeness (QED) is 0.633. The zero-order valence-corrected chi connectivity index (χ0v) is 16.5. The van der Waals surface area contributed by atoms with Crippen molar-refractivity contribution in [2.24, 2.45) is 7.05 Å². The van der Waals surface area contributed by atoms with E-state index in [0.717, 1.165) is 20.3 Å². The molecule has 126 valence electrons. The van der Waals surface area contributed by atoms with Crippen LogP contribution < -0.4 is 14.8 Å². The fraction of sp³-hybridized carbons (Fsp3) is 0.267. The van der Waals surface area contributed by atoms with E-state index in [1.807, 2.05) is 19.2 Å². The molecule has 0 aliphatic carbocycles. The fourth-order valence-corrected chi connectivity index (χ4v) is 3.99. The number of methoxy groups -OCH3 is 2. The number of hydrogen-bond acceptors (Lipinski definition) is 6. The lowest BCUT2D eigenvalue weighted by atomic mass is 10.2. The Balaban J connectivity index is 1.89. The van der Waals surface area contributed by atoms with Crippen LogP contribution >= 0.6 is 31.9 Å². The van der Waals surface area contributed by atoms with Crippen LogP contribution in [0.5, 0.6) is 11.8 Å². The van der Waals surface area contributed by atoms with Crippen LogP contribution in [0, 0.1) is 0 Å². The molecule has 1 N–H and O–H groups in total. The summed E-state index contributed by atoms with van der Waals surface area (Å²) in [5.74, 6) is 1.42. The van der Waals surface area contributed by atoms with E-state index in [9.17, 15) is 0 Å². The minimum atomic E-state index is 0.489. The van der Waals surface area contributed by atoms with E-state index < -0.39 is 0 Å². The Labute approximate surface area is 155 Å². The van der Waals surface area contributed by atoms with Crippen molar-refractivity contribution in [3.05, 3.63) is 33.0 Å². The summed E-state index contributed by atoms with van der Waals surface area (Å²) in [6, 6.07) is 4.48. The van der Waals surface area contributed by atoms with Gasteiger partial charge >= 0.3 is 0 Å². The third-order valence-electron chi connectivity index (χ3n) is 3.52. The lowest BCUT2D eigenvalue weighted by molar-refractivity contribution is 0.368. The summed E-state index contributed by atoms with van der Waals surface area (Å²) in [6.07, 6.45) is 1.51. The number of aromatic nitrogens is 4. The highest BCUT2D eigenvalue weighted by Gasteiger charge is 2.14. The molecule has 0 unspecified atom stereocenters. The molecule has 0 radical (unpaired) electrons. The Morgan fingerprint density at radius 2 is 1.83 bits per heavy atom. The number of nitrogens with one attached hydrogen (secondary N) is 1. The van der Waals surface area contributed by atoms with Gasteiger partial charge in [-0.1, -0.05) is 0 Å². The zero-order valence-electron chi connectivity index (χ0n) is 13.3. The van der Waals surface area contributed by atoms with E-state index >= 15 is 0 Å². The number of rotatable bonds is 5. The second kappa shape index (κ2) is 6.94. The summed E-state index contributed by atoms with van der Waals surface area (Å²) >= 11 is 7.01. The monoisotopic (exact) mass is 455 g/mol. The smallest absolute Gasteiger partial charge is 0.298 e. The van der Waals surface area contributed by atoms with Gasteiger partial charge in [0.05, 0.1) is 23.2 Å². The van der Waals surface area contributed by atoms with Gasteiger partial charge in [0.2, 0.25) is 0 Å². The van der Waals surface area contributed by atoms with Crippen molar-refractivity contribution in [2.45, 2.75) is 6.54 Å². The summed E-state index contributed by atoms with van der Waals surface area (Å²) in [5.41, 5.74) is 2.44. The predicted octanol–water partition coefficient (Wildman–Crippen LogP) is 3.52. The summed E-state index contributed by atoms with van der Waals surface area (Å²) in [7, 11) is 5.06. The van der Waals surface area contributed by atoms with Gasteiger partial charge in [0, 0.05) is 13.6 Å². The fourth-order valence-electron chi connectivity index (χ4n) is 2.39. The summed E-state index contributed by atoms with van der Waals surface area (Å²) < 4.78 is 14.1. The highest BCUT2D eigenvalue weighted by Crippen LogP contribution is 2.34. The molecule has 0 amide bonds. The van der Waals surface area contributed by atoms with Crippen molar-refractivity contribution < 1.29 is 9.47 Å². The Kier molecular flexibility index (Phi) is 4.91. The first-order chi connectivity index (χ1) is 11.5. The molecule has 0 aliphatic rings. The number of fused-ring (bicyclic) bond motifs is 1. The predicted molar refractivity (Wildman–Crippen MR) is 98.6 cm³/mol. The van der Waals surface area contributed by atoms with Crippen LogP contribution in [-0.4, -0.2) is 33.7 Å². The molecule has 7 nitrogen and oxygen atoms in total. The molecule has 9 heteroatoms. The van der Waals surface area contributed by atoms with Crippen molar-refractivity contribution in [3.63, 3.8) is 0 Å². The molecule has 0 spiro atoms. The number of aryl methyl sites for hydroxylation is 1. The van der Waals surface area contributed by atoms with Gasteiger partial charge in [-0.3, -0.25) is 4.57 Å². The maximum atomic E-state index is 5.32. The van der Waals surface area contributed by atoms with Gasteiger partial charge in [-0.2, -0.15) is 4.98 Å². The molecule has 24 heavy (non-hydrogen) atoms. The van der Waals surface area contributed by atoms with E-state index in [1.54, 1.807) is 18.8 Å². The summed E-state index contributed by atoms with van der Waals surface area (Å²) in [6.45, 7) is 0.576. The standard InChI is InChI=1S/C15H15Br2N5O2/c1-22-14-11(21-15(22)24-3)13(19-7-20-14)18-6-8-4-9(16)12(23-2)10(17)5-8/h4-5,7H,6H2,1-3H3,(H,18,19,20). The average molecular weight is 457 g/mol. The Hall–Kier alpha value is -1.87. The molecule has 0 saturated carbocycles. The second-order valence-electron chi connectivity index (χ2n) is 5.00. The van der Waals surface area contributed by atoms with Crippen LogP contribution in [0.3, 0.4) is 0 Å². The minimum Gasteiger partial charge on any atom is -0.494 e. The lowest BCUT2D eigenvalue weighted by Crippen LogP contribution is -2.03. The molecular weight excluding hydrogens is 442 g/mol. The largest absolute Gasteiger partial charge is 0.494 e. The first-order valence-corrected chi connectivity index (χ1v) is 8.61. The minimum absolute atomic E-state index is 0.489. The second-order valence-corrected chi connectivity index (χ2v) is 6.71. The van der Waals surface area contributed by atoms with Crippen LogP contribution in [0.2, 0.25) is 0 Å². The number of anilines is 1. The summed E-state index contributed by atoms with van der Waals surface area (Å²) in [4.78, 5) is 13.0. The van der Waals surface area contributed by atoms with Crippen LogP contribution in [0.1, 0.15) is 5.56 Å². The van der Waals surface area contributed by atoms with Gasteiger partial charge in [0.15, 0.2) is 17.0 Å². The van der Waals surface area contributed by atoms with Crippen molar-refractivity contribution >= 4 is 48.8 Å². The first-order valence-electron chi connectivity index (χ1n) is 7.02. The molecule has 3 rings (SSSR count). The third-order valence-corrected chi connectivity index (χ3v) is 4.70. The highest BCUT2D eigenvalue weighted by molar-refractivity contribution is 9.11. The Morgan fingerprint density at radius 1 is 1.12 bits per heavy atom. The van der Waals surface area contributed by atoms with Gasteiger partial charge < -0.3 is 14.8 Å². The van der Waals surface area contributed by atoms with E-state index in [1.165, 1.54) is 6.33 Å². The van der Waals surface area contributed by atoms with Crippen molar-refractivity contribution in [2.75, 3.05) is 19.5 Å². The number of ether oxygens (including phenoxy) is 2. The molecule has 2 heterocycles. The maximum Gasteiger partial charge on any atom is 0.298 e. The van der Waals surface area contributed by atoms with E-state index in [-0.39, 0.29) is 0 Å². The average Bonchev–Trinajstić information content (AvgIpc) is 2.90. The van der Waals surface area contributed by atoms with Crippen LogP contribution in [-0.2, 0) is 13.6 Å². The first kappa shape index (κ1) is 17.0. The number of hydrogen-bond donors (Lipinski definition) is 1. The van der Waals surface area contributed by atoms with Gasteiger partial charge in [0.1, 0.15) is 12.1 Å². The normalized spacial score (nSPS) is 10.9. The van der Waals surface area contributed by atoms with Gasteiger partial charge in [0.25, 0.3) is 6.01 Å². The Bertz CT molecular complexity index is 874. The van der Waals surface area contributed by atoms with Crippen molar-refractivity contribution in [1.82, 2.24) is 19.5 Å². The number of nitrogens with zero attached hydrogens (tertiary/aromatic N) is 4. The lowest BCUT2D eigenvalue weighted by Gasteiger charge is -2.10. The SMILES string of the molecule is COc1c(Br)cc(CNc2ncnc3c2nc(OC)n3C)cc1Br. The third kappa shape index (κ3) is 3.05. The highest BCUT2D eigenvalue weighted by atomic mass is 79.9. The van der Waals surface area contributed by atoms with Crippen molar-refractivity contribution in [3.8, 4) is 11.8 Å². The van der Waals surface area contributed by atoms with Crippen molar-refractivity contribution in [1.29, 1.82) is 0 Å². The molecule has 2 aromatic heterocycles. The van der Waals surface area contributed by atoms with Crippen LogP contribution in [0.25, 0.3) is 11.2 Å². The molecule has 3 aromatic rings. The maximum absolute atomic E-state index is 5.32. The molecule has 0 atom stereocenters. The van der Waals surface area contributed by atoms with E-state index in [0.29, 0.717) is 29.5 Å². The molecule has 0 saturated heterocycles. The van der Waals surface area contributed by atoms with Crippen LogP contribution in [0.15, 0.2) is 27.4 Å².